The number of hydrogen-bond acceptors (Lipinski definition) is 3. The average molecular weight is 370 g/mol. The molecule has 0 spiro atoms. The largest absolute Gasteiger partial charge is 0.377 e. The molecule has 2 unspecified atom stereocenters. The smallest absolute Gasteiger partial charge is 0.315 e. The lowest BCUT2D eigenvalue weighted by atomic mass is 9.78. The molecule has 1 fully saturated rings. The normalized spacial score (nSPS) is 20.3. The van der Waals surface area contributed by atoms with Crippen LogP contribution in [0.25, 0.3) is 5.69 Å². The Morgan fingerprint density at radius 3 is 2.89 bits per heavy atom. The lowest BCUT2D eigenvalue weighted by molar-refractivity contribution is -0.0837. The molecule has 1 aliphatic rings. The molecule has 146 valence electrons. The van der Waals surface area contributed by atoms with Gasteiger partial charge in [0.05, 0.1) is 11.8 Å². The van der Waals surface area contributed by atoms with E-state index in [9.17, 15) is 4.79 Å². The highest BCUT2D eigenvalue weighted by molar-refractivity contribution is 5.73. The number of carbonyl (C=O) groups is 1. The number of aromatic nitrogens is 2. The van der Waals surface area contributed by atoms with Crippen LogP contribution in [0.15, 0.2) is 42.7 Å². The third kappa shape index (κ3) is 5.32. The van der Waals surface area contributed by atoms with Crippen LogP contribution in [0.5, 0.6) is 0 Å². The summed E-state index contributed by atoms with van der Waals surface area (Å²) in [5.41, 5.74) is 2.09. The molecule has 6 heteroatoms. The summed E-state index contributed by atoms with van der Waals surface area (Å²) >= 11 is 0. The maximum Gasteiger partial charge on any atom is 0.315 e. The van der Waals surface area contributed by atoms with E-state index in [2.05, 4.69) is 36.5 Å². The molecule has 1 saturated heterocycles. The first-order valence-electron chi connectivity index (χ1n) is 9.66. The summed E-state index contributed by atoms with van der Waals surface area (Å²) < 4.78 is 7.79. The third-order valence-electron chi connectivity index (χ3n) is 4.96. The number of carbonyl (C=O) groups excluding carboxylic acids is 1. The van der Waals surface area contributed by atoms with E-state index in [1.165, 1.54) is 0 Å². The molecule has 6 nitrogen and oxygen atoms in total. The highest BCUT2D eigenvalue weighted by Crippen LogP contribution is 2.33. The second-order valence-corrected chi connectivity index (χ2v) is 8.24. The summed E-state index contributed by atoms with van der Waals surface area (Å²) in [5, 5.41) is 10.2. The van der Waals surface area contributed by atoms with E-state index in [1.54, 1.807) is 10.9 Å². The van der Waals surface area contributed by atoms with Crippen molar-refractivity contribution in [3.8, 4) is 5.69 Å². The van der Waals surface area contributed by atoms with Gasteiger partial charge in [-0.2, -0.15) is 5.10 Å². The van der Waals surface area contributed by atoms with E-state index >= 15 is 0 Å². The summed E-state index contributed by atoms with van der Waals surface area (Å²) in [5.74, 6) is 0.354. The van der Waals surface area contributed by atoms with Crippen LogP contribution in [0.4, 0.5) is 4.79 Å². The van der Waals surface area contributed by atoms with Crippen molar-refractivity contribution in [3.05, 3.63) is 48.3 Å². The Hall–Kier alpha value is -2.34. The van der Waals surface area contributed by atoms with Gasteiger partial charge in [0.15, 0.2) is 0 Å². The van der Waals surface area contributed by atoms with E-state index in [1.807, 2.05) is 36.5 Å². The van der Waals surface area contributed by atoms with Gasteiger partial charge >= 0.3 is 6.03 Å². The van der Waals surface area contributed by atoms with Crippen molar-refractivity contribution >= 4 is 6.03 Å². The standard InChI is InChI=1S/C21H30N4O2/c1-21(2,3)19-17(8-5-12-27-19)15-23-20(26)22-14-16-7-4-9-18(13-16)25-11-6-10-24-25/h4,6-7,9-11,13,17,19H,5,8,12,14-15H2,1-3H3,(H2,22,23,26). The van der Waals surface area contributed by atoms with Gasteiger partial charge in [-0.05, 0) is 42.0 Å². The fourth-order valence-corrected chi connectivity index (χ4v) is 3.71. The molecule has 2 N–H and O–H groups in total. The maximum absolute atomic E-state index is 12.2. The molecule has 3 rings (SSSR count). The molecule has 1 aliphatic heterocycles. The quantitative estimate of drug-likeness (QED) is 0.846. The minimum absolute atomic E-state index is 0.0795. The molecule has 1 aromatic carbocycles. The van der Waals surface area contributed by atoms with Gasteiger partial charge in [0.25, 0.3) is 0 Å². The minimum atomic E-state index is -0.141. The molecule has 2 heterocycles. The molecular weight excluding hydrogens is 340 g/mol. The first-order valence-corrected chi connectivity index (χ1v) is 9.66. The predicted molar refractivity (Wildman–Crippen MR) is 106 cm³/mol. The average Bonchev–Trinajstić information content (AvgIpc) is 3.19. The van der Waals surface area contributed by atoms with Crippen molar-refractivity contribution in [2.75, 3.05) is 13.2 Å². The van der Waals surface area contributed by atoms with Crippen LogP contribution < -0.4 is 10.6 Å². The molecule has 2 atom stereocenters. The highest BCUT2D eigenvalue weighted by atomic mass is 16.5. The monoisotopic (exact) mass is 370 g/mol. The first-order chi connectivity index (χ1) is 12.9. The van der Waals surface area contributed by atoms with Crippen LogP contribution in [0.3, 0.4) is 0 Å². The van der Waals surface area contributed by atoms with Crippen LogP contribution in [0.1, 0.15) is 39.2 Å². The van der Waals surface area contributed by atoms with E-state index in [4.69, 9.17) is 4.74 Å². The summed E-state index contributed by atoms with van der Waals surface area (Å²) in [4.78, 5) is 12.2. The van der Waals surface area contributed by atoms with Gasteiger partial charge in [0.1, 0.15) is 0 Å². The maximum atomic E-state index is 12.2. The van der Waals surface area contributed by atoms with Crippen molar-refractivity contribution in [2.24, 2.45) is 11.3 Å². The third-order valence-corrected chi connectivity index (χ3v) is 4.96. The number of hydrogen-bond donors (Lipinski definition) is 2. The van der Waals surface area contributed by atoms with Crippen molar-refractivity contribution in [3.63, 3.8) is 0 Å². The van der Waals surface area contributed by atoms with Crippen LogP contribution in [0, 0.1) is 11.3 Å². The fourth-order valence-electron chi connectivity index (χ4n) is 3.71. The van der Waals surface area contributed by atoms with E-state index in [-0.39, 0.29) is 17.6 Å². The Morgan fingerprint density at radius 1 is 1.30 bits per heavy atom. The number of nitrogens with zero attached hydrogens (tertiary/aromatic N) is 2. The summed E-state index contributed by atoms with van der Waals surface area (Å²) in [6.45, 7) is 8.52. The molecule has 27 heavy (non-hydrogen) atoms. The molecular formula is C21H30N4O2. The van der Waals surface area contributed by atoms with Gasteiger partial charge in [-0.25, -0.2) is 9.48 Å². The van der Waals surface area contributed by atoms with Crippen LogP contribution in [-0.2, 0) is 11.3 Å². The number of ether oxygens (including phenoxy) is 1. The highest BCUT2D eigenvalue weighted by Gasteiger charge is 2.35. The number of amides is 2. The van der Waals surface area contributed by atoms with E-state index in [0.29, 0.717) is 19.0 Å². The Morgan fingerprint density at radius 2 is 2.15 bits per heavy atom. The van der Waals surface area contributed by atoms with Crippen molar-refractivity contribution in [1.29, 1.82) is 0 Å². The SMILES string of the molecule is CC(C)(C)C1OCCCC1CNC(=O)NCc1cccc(-n2cccn2)c1. The molecule has 0 bridgehead atoms. The lowest BCUT2D eigenvalue weighted by Gasteiger charge is -2.40. The second kappa shape index (κ2) is 8.57. The molecule has 0 aliphatic carbocycles. The number of rotatable bonds is 5. The van der Waals surface area contributed by atoms with Crippen LogP contribution in [0.2, 0.25) is 0 Å². The number of benzene rings is 1. The van der Waals surface area contributed by atoms with Gasteiger partial charge in [0.2, 0.25) is 0 Å². The van der Waals surface area contributed by atoms with E-state index in [0.717, 1.165) is 30.7 Å². The zero-order valence-corrected chi connectivity index (χ0v) is 16.4. The lowest BCUT2D eigenvalue weighted by Crippen LogP contribution is -2.46. The molecule has 2 aromatic rings. The molecule has 1 aromatic heterocycles. The molecule has 0 radical (unpaired) electrons. The zero-order valence-electron chi connectivity index (χ0n) is 16.4. The number of urea groups is 1. The molecule has 0 saturated carbocycles. The van der Waals surface area contributed by atoms with Crippen molar-refractivity contribution < 1.29 is 9.53 Å². The first kappa shape index (κ1) is 19.4. The Labute approximate surface area is 161 Å². The minimum Gasteiger partial charge on any atom is -0.377 e. The van der Waals surface area contributed by atoms with Gasteiger partial charge < -0.3 is 15.4 Å². The van der Waals surface area contributed by atoms with Gasteiger partial charge in [-0.1, -0.05) is 32.9 Å². The van der Waals surface area contributed by atoms with Crippen molar-refractivity contribution in [1.82, 2.24) is 20.4 Å². The summed E-state index contributed by atoms with van der Waals surface area (Å²) in [7, 11) is 0. The second-order valence-electron chi connectivity index (χ2n) is 8.24. The number of nitrogens with one attached hydrogen (secondary N) is 2. The summed E-state index contributed by atoms with van der Waals surface area (Å²) in [6.07, 6.45) is 5.97. The topological polar surface area (TPSA) is 68.2 Å². The van der Waals surface area contributed by atoms with Crippen molar-refractivity contribution in [2.45, 2.75) is 46.3 Å². The van der Waals surface area contributed by atoms with Gasteiger partial charge in [-0.3, -0.25) is 0 Å². The Bertz CT molecular complexity index is 737. The predicted octanol–water partition coefficient (Wildman–Crippen LogP) is 3.51. The van der Waals surface area contributed by atoms with E-state index < -0.39 is 0 Å². The van der Waals surface area contributed by atoms with Crippen LogP contribution in [-0.4, -0.2) is 35.1 Å². The molecule has 2 amide bonds. The van der Waals surface area contributed by atoms with Crippen LogP contribution >= 0.6 is 0 Å². The van der Waals surface area contributed by atoms with Gasteiger partial charge in [-0.15, -0.1) is 0 Å². The Balaban J connectivity index is 1.49. The van der Waals surface area contributed by atoms with Gasteiger partial charge in [0, 0.05) is 38.0 Å². The summed E-state index contributed by atoms with van der Waals surface area (Å²) in [6, 6.07) is 9.73. The fraction of sp³-hybridized carbons (Fsp3) is 0.524. The Kier molecular flexibility index (Phi) is 6.16. The zero-order chi connectivity index (χ0) is 19.3.